The van der Waals surface area contributed by atoms with Crippen LogP contribution in [0.1, 0.15) is 11.4 Å². The number of thiazole rings is 2. The van der Waals surface area contributed by atoms with Gasteiger partial charge in [-0.3, -0.25) is 4.79 Å². The summed E-state index contributed by atoms with van der Waals surface area (Å²) >= 11 is 3.03. The van der Waals surface area contributed by atoms with Crippen molar-refractivity contribution < 1.29 is 9.53 Å². The maximum Gasteiger partial charge on any atom is 0.311 e. The first-order valence-electron chi connectivity index (χ1n) is 4.90. The van der Waals surface area contributed by atoms with Crippen LogP contribution < -0.4 is 5.32 Å². The number of carbonyl (C=O) groups excluding carboxylic acids is 1. The summed E-state index contributed by atoms with van der Waals surface area (Å²) in [5.41, 5.74) is 3.50. The number of rotatable bonds is 5. The number of nitrogens with one attached hydrogen (secondary N) is 1. The molecular formula is C10H11N3O2S2. The fourth-order valence-electron chi connectivity index (χ4n) is 1.18. The molecule has 2 aromatic rings. The summed E-state index contributed by atoms with van der Waals surface area (Å²) in [6.07, 6.45) is 0.214. The van der Waals surface area contributed by atoms with Crippen LogP contribution in [0.25, 0.3) is 0 Å². The Morgan fingerprint density at radius 3 is 3.06 bits per heavy atom. The predicted molar refractivity (Wildman–Crippen MR) is 67.3 cm³/mol. The van der Waals surface area contributed by atoms with Crippen molar-refractivity contribution >= 4 is 33.8 Å². The smallest absolute Gasteiger partial charge is 0.311 e. The topological polar surface area (TPSA) is 64.1 Å². The molecule has 0 unspecified atom stereocenters. The number of aromatic nitrogens is 2. The van der Waals surface area contributed by atoms with Crippen LogP contribution in [0, 0.1) is 0 Å². The van der Waals surface area contributed by atoms with Gasteiger partial charge >= 0.3 is 5.97 Å². The molecule has 0 aliphatic rings. The molecule has 0 atom stereocenters. The zero-order valence-corrected chi connectivity index (χ0v) is 10.8. The normalized spacial score (nSPS) is 10.2. The fourth-order valence-corrected chi connectivity index (χ4v) is 2.45. The molecule has 0 radical (unpaired) electrons. The molecule has 17 heavy (non-hydrogen) atoms. The molecular weight excluding hydrogens is 258 g/mol. The van der Waals surface area contributed by atoms with Gasteiger partial charge in [-0.2, -0.15) is 0 Å². The molecule has 0 bridgehead atoms. The summed E-state index contributed by atoms with van der Waals surface area (Å²) in [4.78, 5) is 19.5. The Kier molecular flexibility index (Phi) is 4.05. The van der Waals surface area contributed by atoms with Crippen molar-refractivity contribution in [2.24, 2.45) is 0 Å². The van der Waals surface area contributed by atoms with Gasteiger partial charge in [-0.05, 0) is 0 Å². The van der Waals surface area contributed by atoms with Crippen molar-refractivity contribution in [2.75, 3.05) is 12.4 Å². The minimum Gasteiger partial charge on any atom is -0.469 e. The Morgan fingerprint density at radius 2 is 2.35 bits per heavy atom. The summed E-state index contributed by atoms with van der Waals surface area (Å²) in [7, 11) is 1.37. The van der Waals surface area contributed by atoms with Crippen molar-refractivity contribution in [3.63, 3.8) is 0 Å². The van der Waals surface area contributed by atoms with Gasteiger partial charge in [0.05, 0.1) is 37.0 Å². The Balaban J connectivity index is 1.88. The minimum absolute atomic E-state index is 0.214. The Bertz CT molecular complexity index is 481. The second-order valence-corrected chi connectivity index (χ2v) is 4.81. The van der Waals surface area contributed by atoms with Crippen LogP contribution in [0.3, 0.4) is 0 Å². The third-order valence-corrected chi connectivity index (χ3v) is 3.49. The van der Waals surface area contributed by atoms with Gasteiger partial charge < -0.3 is 10.1 Å². The molecule has 1 N–H and O–H groups in total. The van der Waals surface area contributed by atoms with Gasteiger partial charge in [0.2, 0.25) is 0 Å². The summed E-state index contributed by atoms with van der Waals surface area (Å²) in [6.45, 7) is 0.647. The highest BCUT2D eigenvalue weighted by molar-refractivity contribution is 7.13. The number of nitrogens with zero attached hydrogens (tertiary/aromatic N) is 2. The number of methoxy groups -OCH3 is 1. The molecule has 0 spiro atoms. The lowest BCUT2D eigenvalue weighted by molar-refractivity contribution is -0.139. The number of esters is 1. The van der Waals surface area contributed by atoms with E-state index in [4.69, 9.17) is 0 Å². The molecule has 2 heterocycles. The standard InChI is InChI=1S/C10H11N3O2S2/c1-15-9(14)2-7-5-17-10(13-7)11-3-8-4-16-6-12-8/h4-6H,2-3H2,1H3,(H,11,13). The van der Waals surface area contributed by atoms with Crippen molar-refractivity contribution in [1.29, 1.82) is 0 Å². The number of hydrogen-bond acceptors (Lipinski definition) is 7. The van der Waals surface area contributed by atoms with E-state index in [0.29, 0.717) is 6.54 Å². The highest BCUT2D eigenvalue weighted by atomic mass is 32.1. The van der Waals surface area contributed by atoms with Gasteiger partial charge in [0.15, 0.2) is 5.13 Å². The molecule has 2 rings (SSSR count). The van der Waals surface area contributed by atoms with E-state index in [1.54, 1.807) is 16.8 Å². The van der Waals surface area contributed by atoms with Crippen LogP contribution in [0.4, 0.5) is 5.13 Å². The first-order valence-corrected chi connectivity index (χ1v) is 6.72. The van der Waals surface area contributed by atoms with Crippen LogP contribution in [0.5, 0.6) is 0 Å². The fraction of sp³-hybridized carbons (Fsp3) is 0.300. The molecule has 0 aliphatic heterocycles. The quantitative estimate of drug-likeness (QED) is 0.840. The zero-order valence-electron chi connectivity index (χ0n) is 9.17. The molecule has 5 nitrogen and oxygen atoms in total. The van der Waals surface area contributed by atoms with Crippen LogP contribution in [0.15, 0.2) is 16.3 Å². The lowest BCUT2D eigenvalue weighted by Crippen LogP contribution is -2.05. The van der Waals surface area contributed by atoms with Gasteiger partial charge in [0.1, 0.15) is 0 Å². The average Bonchev–Trinajstić information content (AvgIpc) is 2.97. The van der Waals surface area contributed by atoms with E-state index in [9.17, 15) is 4.79 Å². The summed E-state index contributed by atoms with van der Waals surface area (Å²) < 4.78 is 4.58. The molecule has 0 aromatic carbocycles. The molecule has 0 fully saturated rings. The molecule has 0 aliphatic carbocycles. The predicted octanol–water partition coefficient (Wildman–Crippen LogP) is 1.93. The maximum atomic E-state index is 11.0. The zero-order chi connectivity index (χ0) is 12.1. The second kappa shape index (κ2) is 5.74. The highest BCUT2D eigenvalue weighted by Crippen LogP contribution is 2.17. The number of ether oxygens (including phenoxy) is 1. The van der Waals surface area contributed by atoms with Crippen LogP contribution in [0.2, 0.25) is 0 Å². The maximum absolute atomic E-state index is 11.0. The summed E-state index contributed by atoms with van der Waals surface area (Å²) in [5, 5.41) is 7.78. The highest BCUT2D eigenvalue weighted by Gasteiger charge is 2.07. The number of carbonyl (C=O) groups is 1. The lowest BCUT2D eigenvalue weighted by Gasteiger charge is -1.98. The first-order chi connectivity index (χ1) is 8.28. The van der Waals surface area contributed by atoms with E-state index < -0.39 is 0 Å². The second-order valence-electron chi connectivity index (χ2n) is 3.23. The molecule has 2 aromatic heterocycles. The lowest BCUT2D eigenvalue weighted by atomic mass is 10.3. The van der Waals surface area contributed by atoms with Gasteiger partial charge in [-0.1, -0.05) is 0 Å². The van der Waals surface area contributed by atoms with Gasteiger partial charge in [-0.15, -0.1) is 22.7 Å². The van der Waals surface area contributed by atoms with Gasteiger partial charge in [0, 0.05) is 10.8 Å². The van der Waals surface area contributed by atoms with E-state index in [1.165, 1.54) is 18.4 Å². The van der Waals surface area contributed by atoms with Crippen LogP contribution in [-0.4, -0.2) is 23.0 Å². The van der Waals surface area contributed by atoms with E-state index in [1.807, 2.05) is 10.8 Å². The molecule has 90 valence electrons. The van der Waals surface area contributed by atoms with Gasteiger partial charge in [0.25, 0.3) is 0 Å². The molecule has 0 saturated carbocycles. The minimum atomic E-state index is -0.277. The van der Waals surface area contributed by atoms with E-state index >= 15 is 0 Å². The average molecular weight is 269 g/mol. The molecule has 0 amide bonds. The monoisotopic (exact) mass is 269 g/mol. The summed E-state index contributed by atoms with van der Waals surface area (Å²) in [6, 6.07) is 0. The van der Waals surface area contributed by atoms with Crippen LogP contribution >= 0.6 is 22.7 Å². The Morgan fingerprint density at radius 1 is 1.47 bits per heavy atom. The van der Waals surface area contributed by atoms with Crippen molar-refractivity contribution in [3.8, 4) is 0 Å². The molecule has 0 saturated heterocycles. The third kappa shape index (κ3) is 3.50. The number of anilines is 1. The van der Waals surface area contributed by atoms with Crippen molar-refractivity contribution in [2.45, 2.75) is 13.0 Å². The number of hydrogen-bond donors (Lipinski definition) is 1. The summed E-state index contributed by atoms with van der Waals surface area (Å²) in [5.74, 6) is -0.277. The van der Waals surface area contributed by atoms with Gasteiger partial charge in [-0.25, -0.2) is 9.97 Å². The van der Waals surface area contributed by atoms with Crippen molar-refractivity contribution in [3.05, 3.63) is 27.7 Å². The van der Waals surface area contributed by atoms with E-state index in [2.05, 4.69) is 20.0 Å². The Hall–Kier alpha value is -1.47. The van der Waals surface area contributed by atoms with E-state index in [-0.39, 0.29) is 12.4 Å². The largest absolute Gasteiger partial charge is 0.469 e. The SMILES string of the molecule is COC(=O)Cc1csc(NCc2cscn2)n1. The van der Waals surface area contributed by atoms with E-state index in [0.717, 1.165) is 16.5 Å². The third-order valence-electron chi connectivity index (χ3n) is 2.01. The Labute approximate surface area is 106 Å². The first kappa shape index (κ1) is 12.0. The van der Waals surface area contributed by atoms with Crippen LogP contribution in [-0.2, 0) is 22.5 Å². The van der Waals surface area contributed by atoms with Crippen molar-refractivity contribution in [1.82, 2.24) is 9.97 Å². The molecule has 7 heteroatoms.